The minimum absolute atomic E-state index is 0.718. The van der Waals surface area contributed by atoms with Crippen LogP contribution < -0.4 is 5.73 Å². The van der Waals surface area contributed by atoms with Gasteiger partial charge in [-0.1, -0.05) is 188 Å². The van der Waals surface area contributed by atoms with Crippen molar-refractivity contribution < 1.29 is 0 Å². The number of aryl methyl sites for hydroxylation is 1. The van der Waals surface area contributed by atoms with Gasteiger partial charge in [0.2, 0.25) is 0 Å². The molecule has 0 spiro atoms. The van der Waals surface area contributed by atoms with E-state index < -0.39 is 0 Å². The van der Waals surface area contributed by atoms with Gasteiger partial charge in [-0.05, 0) is 95.0 Å². The maximum atomic E-state index is 7.01. The number of rotatable bonds is 6. The molecule has 0 aliphatic heterocycles. The molecule has 0 radical (unpaired) electrons. The van der Waals surface area contributed by atoms with Gasteiger partial charge >= 0.3 is 0 Å². The summed E-state index contributed by atoms with van der Waals surface area (Å²) in [4.78, 5) is 0. The molecule has 2 N–H and O–H groups in total. The van der Waals surface area contributed by atoms with Gasteiger partial charge in [-0.3, -0.25) is 0 Å². The normalized spacial score (nSPS) is 12.0. The van der Waals surface area contributed by atoms with Crippen LogP contribution in [0, 0.1) is 6.92 Å². The van der Waals surface area contributed by atoms with E-state index in [0.717, 1.165) is 38.7 Å². The topological polar surface area (TPSA) is 26.0 Å². The standard InChI is InChI=1S/C51H37N/c1-3-38(51(52)48-25-13-15-34-14-4-5-18-39(34)48)36-16-12-17-37(32-36)49-43-21-8-10-23-45(43)50(46-24-11-9-22-44(46)49)47-31-30-40(35-28-26-33(2)27-29-35)41-19-6-7-20-42(41)47/h3-32H,1,52H2,2H3/b51-38+. The van der Waals surface area contributed by atoms with Crippen LogP contribution in [0.3, 0.4) is 0 Å². The fourth-order valence-corrected chi connectivity index (χ4v) is 8.06. The molecule has 246 valence electrons. The highest BCUT2D eigenvalue weighted by molar-refractivity contribution is 6.24. The van der Waals surface area contributed by atoms with Gasteiger partial charge < -0.3 is 5.73 Å². The molecule has 9 aromatic rings. The first-order valence-electron chi connectivity index (χ1n) is 17.8. The molecule has 0 atom stereocenters. The van der Waals surface area contributed by atoms with Crippen molar-refractivity contribution in [3.05, 3.63) is 205 Å². The lowest BCUT2D eigenvalue weighted by molar-refractivity contribution is 1.47. The fourth-order valence-electron chi connectivity index (χ4n) is 8.06. The maximum Gasteiger partial charge on any atom is 0.0473 e. The van der Waals surface area contributed by atoms with E-state index in [4.69, 9.17) is 5.73 Å². The molecule has 0 saturated heterocycles. The highest BCUT2D eigenvalue weighted by Crippen LogP contribution is 2.46. The SMILES string of the molecule is C=C/C(=C(\N)c1cccc2ccccc12)c1cccc(-c2c3ccccc3c(-c3ccc(-c4ccc(C)cc4)c4ccccc34)c3ccccc23)c1. The zero-order valence-electron chi connectivity index (χ0n) is 29.1. The van der Waals surface area contributed by atoms with E-state index in [0.29, 0.717) is 0 Å². The molecule has 0 saturated carbocycles. The Kier molecular flexibility index (Phi) is 7.75. The molecule has 0 amide bonds. The fraction of sp³-hybridized carbons (Fsp3) is 0.0196. The highest BCUT2D eigenvalue weighted by Gasteiger charge is 2.19. The highest BCUT2D eigenvalue weighted by atomic mass is 14.6. The molecule has 9 rings (SSSR count). The van der Waals surface area contributed by atoms with Crippen molar-refractivity contribution in [2.24, 2.45) is 5.73 Å². The molecule has 0 aliphatic rings. The molecule has 0 fully saturated rings. The lowest BCUT2D eigenvalue weighted by Gasteiger charge is -2.20. The summed E-state index contributed by atoms with van der Waals surface area (Å²) < 4.78 is 0. The van der Waals surface area contributed by atoms with Crippen LogP contribution >= 0.6 is 0 Å². The van der Waals surface area contributed by atoms with E-state index in [1.165, 1.54) is 65.7 Å². The first-order chi connectivity index (χ1) is 25.6. The Labute approximate surface area is 304 Å². The summed E-state index contributed by atoms with van der Waals surface area (Å²) in [5, 5.41) is 9.67. The second kappa shape index (κ2) is 12.9. The van der Waals surface area contributed by atoms with Crippen molar-refractivity contribution in [3.63, 3.8) is 0 Å². The zero-order chi connectivity index (χ0) is 35.2. The number of hydrogen-bond donors (Lipinski definition) is 1. The number of allylic oxidation sites excluding steroid dienone is 2. The van der Waals surface area contributed by atoms with Crippen LogP contribution in [0.4, 0.5) is 0 Å². The first kappa shape index (κ1) is 31.3. The molecule has 1 nitrogen and oxygen atoms in total. The molecule has 9 aromatic carbocycles. The molecule has 0 aliphatic carbocycles. The van der Waals surface area contributed by atoms with Crippen molar-refractivity contribution in [2.45, 2.75) is 6.92 Å². The smallest absolute Gasteiger partial charge is 0.0473 e. The van der Waals surface area contributed by atoms with Gasteiger partial charge in [0.05, 0.1) is 0 Å². The molecular formula is C51H37N. The van der Waals surface area contributed by atoms with E-state index in [2.05, 4.69) is 189 Å². The monoisotopic (exact) mass is 663 g/mol. The number of benzene rings is 9. The van der Waals surface area contributed by atoms with Crippen molar-refractivity contribution in [1.82, 2.24) is 0 Å². The lowest BCUT2D eigenvalue weighted by Crippen LogP contribution is -2.01. The van der Waals surface area contributed by atoms with Crippen LogP contribution in [0.15, 0.2) is 189 Å². The van der Waals surface area contributed by atoms with Crippen LogP contribution in [0.25, 0.3) is 87.7 Å². The van der Waals surface area contributed by atoms with E-state index in [-0.39, 0.29) is 0 Å². The van der Waals surface area contributed by atoms with Crippen LogP contribution in [0.5, 0.6) is 0 Å². The summed E-state index contributed by atoms with van der Waals surface area (Å²) in [6.45, 7) is 6.36. The Morgan fingerprint density at radius 1 is 0.462 bits per heavy atom. The van der Waals surface area contributed by atoms with Crippen LogP contribution in [-0.2, 0) is 0 Å². The minimum Gasteiger partial charge on any atom is -0.398 e. The second-order valence-electron chi connectivity index (χ2n) is 13.6. The quantitative estimate of drug-likeness (QED) is 0.107. The summed E-state index contributed by atoms with van der Waals surface area (Å²) in [7, 11) is 0. The van der Waals surface area contributed by atoms with Gasteiger partial charge in [0.1, 0.15) is 0 Å². The van der Waals surface area contributed by atoms with Gasteiger partial charge in [-0.15, -0.1) is 0 Å². The van der Waals surface area contributed by atoms with Crippen molar-refractivity contribution in [2.75, 3.05) is 0 Å². The minimum atomic E-state index is 0.718. The summed E-state index contributed by atoms with van der Waals surface area (Å²) in [6, 6.07) is 63.5. The van der Waals surface area contributed by atoms with Crippen LogP contribution in [-0.4, -0.2) is 0 Å². The number of nitrogens with two attached hydrogens (primary N) is 1. The number of hydrogen-bond acceptors (Lipinski definition) is 1. The Morgan fingerprint density at radius 3 is 1.63 bits per heavy atom. The van der Waals surface area contributed by atoms with Gasteiger partial charge in [-0.2, -0.15) is 0 Å². The molecular weight excluding hydrogens is 627 g/mol. The van der Waals surface area contributed by atoms with Gasteiger partial charge in [0.25, 0.3) is 0 Å². The third-order valence-corrected chi connectivity index (χ3v) is 10.5. The van der Waals surface area contributed by atoms with Gasteiger partial charge in [0, 0.05) is 16.8 Å². The summed E-state index contributed by atoms with van der Waals surface area (Å²) >= 11 is 0. The van der Waals surface area contributed by atoms with Crippen LogP contribution in [0.2, 0.25) is 0 Å². The number of fused-ring (bicyclic) bond motifs is 4. The molecule has 52 heavy (non-hydrogen) atoms. The zero-order valence-corrected chi connectivity index (χ0v) is 29.1. The summed E-state index contributed by atoms with van der Waals surface area (Å²) in [5.41, 5.74) is 19.3. The van der Waals surface area contributed by atoms with Gasteiger partial charge in [0.15, 0.2) is 0 Å². The largest absolute Gasteiger partial charge is 0.398 e. The van der Waals surface area contributed by atoms with E-state index in [1.54, 1.807) is 0 Å². The molecule has 1 heteroatoms. The third-order valence-electron chi connectivity index (χ3n) is 10.5. The van der Waals surface area contributed by atoms with Crippen molar-refractivity contribution in [3.8, 4) is 33.4 Å². The van der Waals surface area contributed by atoms with Gasteiger partial charge in [-0.25, -0.2) is 0 Å². The van der Waals surface area contributed by atoms with Crippen LogP contribution in [0.1, 0.15) is 16.7 Å². The van der Waals surface area contributed by atoms with E-state index in [9.17, 15) is 0 Å². The Balaban J connectivity index is 1.27. The van der Waals surface area contributed by atoms with Crippen molar-refractivity contribution >= 4 is 54.4 Å². The second-order valence-corrected chi connectivity index (χ2v) is 13.6. The predicted molar refractivity (Wildman–Crippen MR) is 225 cm³/mol. The third kappa shape index (κ3) is 5.18. The average molecular weight is 664 g/mol. The average Bonchev–Trinajstić information content (AvgIpc) is 3.20. The first-order valence-corrected chi connectivity index (χ1v) is 17.8. The Hall–Kier alpha value is -6.70. The van der Waals surface area contributed by atoms with E-state index >= 15 is 0 Å². The van der Waals surface area contributed by atoms with E-state index in [1.807, 2.05) is 6.08 Å². The summed E-state index contributed by atoms with van der Waals surface area (Å²) in [6.07, 6.45) is 1.89. The molecule has 0 unspecified atom stereocenters. The Bertz CT molecular complexity index is 2810. The van der Waals surface area contributed by atoms with Crippen molar-refractivity contribution in [1.29, 1.82) is 0 Å². The maximum absolute atomic E-state index is 7.01. The lowest BCUT2D eigenvalue weighted by atomic mass is 9.83. The summed E-state index contributed by atoms with van der Waals surface area (Å²) in [5.74, 6) is 0. The molecule has 0 bridgehead atoms. The predicted octanol–water partition coefficient (Wildman–Crippen LogP) is 13.6. The Morgan fingerprint density at radius 2 is 0.981 bits per heavy atom. The molecule has 0 aromatic heterocycles. The molecule has 0 heterocycles.